The lowest BCUT2D eigenvalue weighted by Gasteiger charge is -2.35. The Kier molecular flexibility index (Phi) is 3.48. The molecule has 0 saturated carbocycles. The van der Waals surface area contributed by atoms with Gasteiger partial charge in [0.25, 0.3) is 0 Å². The van der Waals surface area contributed by atoms with Gasteiger partial charge in [0.2, 0.25) is 0 Å². The number of ether oxygens (including phenoxy) is 5. The zero-order valence-corrected chi connectivity index (χ0v) is 13.0. The monoisotopic (exact) mass is 300 g/mol. The second-order valence-corrected chi connectivity index (χ2v) is 6.83. The zero-order valence-electron chi connectivity index (χ0n) is 13.0. The molecule has 120 valence electrons. The lowest BCUT2D eigenvalue weighted by molar-refractivity contribution is -0.247. The van der Waals surface area contributed by atoms with E-state index in [4.69, 9.17) is 23.7 Å². The van der Waals surface area contributed by atoms with Crippen LogP contribution in [0.15, 0.2) is 12.7 Å². The van der Waals surface area contributed by atoms with E-state index in [2.05, 4.69) is 6.58 Å². The minimum Gasteiger partial charge on any atom is -0.384 e. The van der Waals surface area contributed by atoms with Gasteiger partial charge in [-0.1, -0.05) is 6.08 Å². The Morgan fingerprint density at radius 2 is 1.81 bits per heavy atom. The maximum Gasteiger partial charge on any atom is 0.190 e. The molecule has 3 heterocycles. The molecule has 3 aliphatic rings. The average molecular weight is 300 g/mol. The largest absolute Gasteiger partial charge is 0.384 e. The maximum atomic E-state index is 11.1. The van der Waals surface area contributed by atoms with E-state index < -0.39 is 35.7 Å². The van der Waals surface area contributed by atoms with E-state index >= 15 is 0 Å². The fourth-order valence-electron chi connectivity index (χ4n) is 3.33. The Morgan fingerprint density at radius 1 is 1.10 bits per heavy atom. The van der Waals surface area contributed by atoms with E-state index in [9.17, 15) is 5.11 Å². The Labute approximate surface area is 125 Å². The van der Waals surface area contributed by atoms with Gasteiger partial charge >= 0.3 is 0 Å². The van der Waals surface area contributed by atoms with Crippen molar-refractivity contribution in [1.29, 1.82) is 0 Å². The van der Waals surface area contributed by atoms with Crippen molar-refractivity contribution in [2.75, 3.05) is 6.61 Å². The summed E-state index contributed by atoms with van der Waals surface area (Å²) in [6.07, 6.45) is -0.133. The van der Waals surface area contributed by atoms with Crippen LogP contribution in [0.3, 0.4) is 0 Å². The van der Waals surface area contributed by atoms with Crippen LogP contribution in [-0.2, 0) is 23.7 Å². The summed E-state index contributed by atoms with van der Waals surface area (Å²) in [6, 6.07) is 0. The van der Waals surface area contributed by atoms with Crippen molar-refractivity contribution in [3.05, 3.63) is 12.7 Å². The first-order valence-electron chi connectivity index (χ1n) is 7.33. The van der Waals surface area contributed by atoms with Crippen molar-refractivity contribution in [1.82, 2.24) is 0 Å². The molecule has 3 saturated heterocycles. The van der Waals surface area contributed by atoms with Crippen LogP contribution in [0.4, 0.5) is 0 Å². The van der Waals surface area contributed by atoms with Gasteiger partial charge in [-0.3, -0.25) is 0 Å². The van der Waals surface area contributed by atoms with Gasteiger partial charge in [0.05, 0.1) is 6.61 Å². The third-order valence-corrected chi connectivity index (χ3v) is 4.16. The van der Waals surface area contributed by atoms with Crippen molar-refractivity contribution < 1.29 is 28.8 Å². The smallest absolute Gasteiger partial charge is 0.190 e. The molecule has 5 atom stereocenters. The van der Waals surface area contributed by atoms with Crippen LogP contribution >= 0.6 is 0 Å². The first-order valence-corrected chi connectivity index (χ1v) is 7.33. The average Bonchev–Trinajstić information content (AvgIpc) is 2.92. The molecule has 0 unspecified atom stereocenters. The van der Waals surface area contributed by atoms with Crippen molar-refractivity contribution in [2.45, 2.75) is 75.9 Å². The van der Waals surface area contributed by atoms with Crippen LogP contribution in [0.5, 0.6) is 0 Å². The Balaban J connectivity index is 1.84. The summed E-state index contributed by atoms with van der Waals surface area (Å²) in [5.74, 6) is -1.45. The number of hydrogen-bond donors (Lipinski definition) is 1. The highest BCUT2D eigenvalue weighted by Crippen LogP contribution is 2.47. The van der Waals surface area contributed by atoms with Crippen LogP contribution < -0.4 is 0 Å². The molecule has 6 heteroatoms. The number of fused-ring (bicyclic) bond motifs is 1. The van der Waals surface area contributed by atoms with Crippen molar-refractivity contribution >= 4 is 0 Å². The van der Waals surface area contributed by atoms with E-state index in [0.29, 0.717) is 13.0 Å². The Hall–Kier alpha value is -0.500. The quantitative estimate of drug-likeness (QED) is 0.793. The van der Waals surface area contributed by atoms with Gasteiger partial charge < -0.3 is 28.8 Å². The van der Waals surface area contributed by atoms with E-state index in [1.807, 2.05) is 13.8 Å². The summed E-state index contributed by atoms with van der Waals surface area (Å²) >= 11 is 0. The predicted octanol–water partition coefficient (Wildman–Crippen LogP) is 1.32. The molecule has 3 fully saturated rings. The van der Waals surface area contributed by atoms with E-state index in [1.165, 1.54) is 0 Å². The number of hydrogen-bond acceptors (Lipinski definition) is 6. The van der Waals surface area contributed by atoms with Gasteiger partial charge in [-0.15, -0.1) is 6.58 Å². The summed E-state index contributed by atoms with van der Waals surface area (Å²) in [6.45, 7) is 11.4. The van der Waals surface area contributed by atoms with Crippen molar-refractivity contribution in [3.63, 3.8) is 0 Å². The molecule has 0 bridgehead atoms. The van der Waals surface area contributed by atoms with E-state index in [1.54, 1.807) is 19.9 Å². The minimum absolute atomic E-state index is 0.332. The number of aliphatic hydroxyl groups is 1. The minimum atomic E-state index is -1.24. The second-order valence-electron chi connectivity index (χ2n) is 6.83. The highest BCUT2D eigenvalue weighted by atomic mass is 16.8. The summed E-state index contributed by atoms with van der Waals surface area (Å²) in [7, 11) is 0. The van der Waals surface area contributed by atoms with Gasteiger partial charge in [-0.05, 0) is 34.1 Å². The third-order valence-electron chi connectivity index (χ3n) is 4.16. The normalized spacial score (nSPS) is 47.5. The lowest BCUT2D eigenvalue weighted by atomic mass is 9.86. The summed E-state index contributed by atoms with van der Waals surface area (Å²) in [5, 5.41) is 11.1. The van der Waals surface area contributed by atoms with Gasteiger partial charge in [0.1, 0.15) is 23.9 Å². The third kappa shape index (κ3) is 2.54. The maximum absolute atomic E-state index is 11.1. The highest BCUT2D eigenvalue weighted by Gasteiger charge is 2.65. The first kappa shape index (κ1) is 15.4. The molecule has 0 spiro atoms. The molecule has 0 amide bonds. The highest BCUT2D eigenvalue weighted by molar-refractivity contribution is 5.10. The van der Waals surface area contributed by atoms with Crippen LogP contribution in [0.1, 0.15) is 34.1 Å². The van der Waals surface area contributed by atoms with Crippen LogP contribution in [0.2, 0.25) is 0 Å². The van der Waals surface area contributed by atoms with Gasteiger partial charge in [-0.2, -0.15) is 0 Å². The first-order chi connectivity index (χ1) is 9.67. The summed E-state index contributed by atoms with van der Waals surface area (Å²) in [5.41, 5.74) is -1.24. The van der Waals surface area contributed by atoms with Gasteiger partial charge in [0, 0.05) is 0 Å². The molecule has 0 aromatic carbocycles. The fourth-order valence-corrected chi connectivity index (χ4v) is 3.33. The van der Waals surface area contributed by atoms with Gasteiger partial charge in [-0.25, -0.2) is 0 Å². The predicted molar refractivity (Wildman–Crippen MR) is 73.4 cm³/mol. The van der Waals surface area contributed by atoms with Crippen LogP contribution in [0, 0.1) is 0 Å². The van der Waals surface area contributed by atoms with E-state index in [0.717, 1.165) is 0 Å². The van der Waals surface area contributed by atoms with Gasteiger partial charge in [0.15, 0.2) is 17.9 Å². The zero-order chi connectivity index (χ0) is 15.5. The SMILES string of the molecule is C=CC[C@@]1(O)[C@@H]([C@H]2COC(C)(C)O2)O[C@@H]2OC(C)(C)O[C@@H]21. The van der Waals surface area contributed by atoms with Crippen molar-refractivity contribution in [3.8, 4) is 0 Å². The molecule has 21 heavy (non-hydrogen) atoms. The molecule has 1 N–H and O–H groups in total. The van der Waals surface area contributed by atoms with Crippen LogP contribution in [-0.4, -0.2) is 53.5 Å². The molecular formula is C15H24O6. The summed E-state index contributed by atoms with van der Waals surface area (Å²) in [4.78, 5) is 0. The Morgan fingerprint density at radius 3 is 2.38 bits per heavy atom. The van der Waals surface area contributed by atoms with Crippen LogP contribution in [0.25, 0.3) is 0 Å². The standard InChI is InChI=1S/C15H24O6/c1-6-7-15(16)10(9-8-17-13(2,3)19-9)18-12-11(15)20-14(4,5)21-12/h6,9-12,16H,1,7-8H2,2-5H3/t9-,10-,11+,12-,15-/m1/s1. The molecule has 0 aliphatic carbocycles. The molecule has 3 aliphatic heterocycles. The molecule has 3 rings (SSSR count). The molecule has 0 radical (unpaired) electrons. The second kappa shape index (κ2) is 4.75. The number of rotatable bonds is 3. The topological polar surface area (TPSA) is 66.4 Å². The summed E-state index contributed by atoms with van der Waals surface area (Å²) < 4.78 is 28.9. The van der Waals surface area contributed by atoms with E-state index in [-0.39, 0.29) is 6.10 Å². The molecular weight excluding hydrogens is 276 g/mol. The fraction of sp³-hybridized carbons (Fsp3) is 0.867. The molecule has 6 nitrogen and oxygen atoms in total. The van der Waals surface area contributed by atoms with Crippen molar-refractivity contribution in [2.24, 2.45) is 0 Å². The lowest BCUT2D eigenvalue weighted by Crippen LogP contribution is -2.53. The molecule has 0 aromatic heterocycles. The Bertz CT molecular complexity index is 434. The molecule has 0 aromatic rings.